The van der Waals surface area contributed by atoms with E-state index in [4.69, 9.17) is 4.74 Å². The Morgan fingerprint density at radius 3 is 2.28 bits per heavy atom. The maximum atomic E-state index is 13.5. The van der Waals surface area contributed by atoms with Crippen LogP contribution in [0.15, 0.2) is 23.1 Å². The molecule has 1 saturated heterocycles. The predicted octanol–water partition coefficient (Wildman–Crippen LogP) is 1.95. The number of benzene rings is 1. The van der Waals surface area contributed by atoms with Crippen LogP contribution in [0.1, 0.15) is 32.1 Å². The smallest absolute Gasteiger partial charge is 0.246 e. The van der Waals surface area contributed by atoms with Gasteiger partial charge in [0.25, 0.3) is 0 Å². The highest BCUT2D eigenvalue weighted by Gasteiger charge is 2.47. The largest absolute Gasteiger partial charge is 0.495 e. The molecule has 2 aliphatic rings. The molecule has 0 radical (unpaired) electrons. The number of nitrogens with zero attached hydrogens (tertiary/aromatic N) is 1. The van der Waals surface area contributed by atoms with Gasteiger partial charge in [0.1, 0.15) is 16.5 Å². The molecule has 0 amide bonds. The maximum absolute atomic E-state index is 13.5. The number of rotatable bonds is 5. The summed E-state index contributed by atoms with van der Waals surface area (Å²) < 4.78 is 70.2. The van der Waals surface area contributed by atoms with Crippen LogP contribution in [0.5, 0.6) is 5.75 Å². The molecule has 3 rings (SSSR count). The van der Waals surface area contributed by atoms with E-state index in [1.807, 2.05) is 0 Å². The van der Waals surface area contributed by atoms with Crippen molar-refractivity contribution in [3.63, 3.8) is 0 Å². The van der Waals surface area contributed by atoms with Crippen molar-refractivity contribution in [2.45, 2.75) is 47.5 Å². The molecular formula is C16H22FNO5S2. The normalized spacial score (nSPS) is 21.0. The molecule has 0 bridgehead atoms. The molecule has 9 heteroatoms. The van der Waals surface area contributed by atoms with Crippen LogP contribution in [0, 0.1) is 5.82 Å². The van der Waals surface area contributed by atoms with Crippen molar-refractivity contribution in [1.29, 1.82) is 0 Å². The van der Waals surface area contributed by atoms with Crippen molar-refractivity contribution in [3.05, 3.63) is 24.0 Å². The minimum atomic E-state index is -3.99. The lowest BCUT2D eigenvalue weighted by Gasteiger charge is -2.39. The molecule has 0 unspecified atom stereocenters. The number of hydrogen-bond donors (Lipinski definition) is 0. The van der Waals surface area contributed by atoms with Crippen molar-refractivity contribution in [1.82, 2.24) is 4.31 Å². The fourth-order valence-electron chi connectivity index (χ4n) is 3.46. The van der Waals surface area contributed by atoms with E-state index in [1.165, 1.54) is 13.2 Å². The van der Waals surface area contributed by atoms with Gasteiger partial charge in [-0.05, 0) is 31.0 Å². The van der Waals surface area contributed by atoms with E-state index in [-0.39, 0.29) is 29.0 Å². The molecule has 1 aliphatic carbocycles. The van der Waals surface area contributed by atoms with Crippen LogP contribution in [-0.4, -0.2) is 51.8 Å². The molecule has 2 fully saturated rings. The summed E-state index contributed by atoms with van der Waals surface area (Å²) in [4.78, 5) is -0.275. The highest BCUT2D eigenvalue weighted by Crippen LogP contribution is 2.34. The van der Waals surface area contributed by atoms with Gasteiger partial charge in [-0.25, -0.2) is 21.2 Å². The summed E-state index contributed by atoms with van der Waals surface area (Å²) >= 11 is 0. The van der Waals surface area contributed by atoms with Crippen molar-refractivity contribution < 1.29 is 26.0 Å². The number of methoxy groups -OCH3 is 1. The monoisotopic (exact) mass is 391 g/mol. The second kappa shape index (κ2) is 6.85. The molecule has 1 aliphatic heterocycles. The van der Waals surface area contributed by atoms with Gasteiger partial charge in [-0.15, -0.1) is 0 Å². The summed E-state index contributed by atoms with van der Waals surface area (Å²) in [5.74, 6) is -0.647. The summed E-state index contributed by atoms with van der Waals surface area (Å²) in [5.41, 5.74) is 0. The first-order chi connectivity index (χ1) is 11.8. The zero-order valence-electron chi connectivity index (χ0n) is 14.0. The summed E-state index contributed by atoms with van der Waals surface area (Å²) in [6, 6.07) is 3.26. The molecule has 0 spiro atoms. The molecule has 6 nitrogen and oxygen atoms in total. The zero-order valence-corrected chi connectivity index (χ0v) is 15.7. The highest BCUT2D eigenvalue weighted by molar-refractivity contribution is 7.93. The third kappa shape index (κ3) is 3.41. The van der Waals surface area contributed by atoms with Crippen LogP contribution in [0.3, 0.4) is 0 Å². The summed E-state index contributed by atoms with van der Waals surface area (Å²) in [6.45, 7) is -0.165. The fourth-order valence-corrected chi connectivity index (χ4v) is 7.66. The lowest BCUT2D eigenvalue weighted by atomic mass is 10.0. The molecule has 0 atom stereocenters. The number of ether oxygens (including phenoxy) is 1. The zero-order chi connectivity index (χ0) is 18.2. The van der Waals surface area contributed by atoms with Crippen molar-refractivity contribution in [2.24, 2.45) is 0 Å². The maximum Gasteiger partial charge on any atom is 0.246 e. The summed E-state index contributed by atoms with van der Waals surface area (Å²) in [5, 5.41) is -1.04. The minimum Gasteiger partial charge on any atom is -0.495 e. The first kappa shape index (κ1) is 18.6. The van der Waals surface area contributed by atoms with Crippen molar-refractivity contribution in [2.75, 3.05) is 20.2 Å². The van der Waals surface area contributed by atoms with Crippen LogP contribution in [-0.2, 0) is 19.9 Å². The lowest BCUT2D eigenvalue weighted by Crippen LogP contribution is -2.58. The Kier molecular flexibility index (Phi) is 5.09. The second-order valence-corrected chi connectivity index (χ2v) is 11.0. The van der Waals surface area contributed by atoms with Crippen molar-refractivity contribution >= 4 is 19.9 Å². The Hall–Kier alpha value is -1.19. The van der Waals surface area contributed by atoms with Crippen LogP contribution in [0.4, 0.5) is 4.39 Å². The summed E-state index contributed by atoms with van der Waals surface area (Å²) in [6.07, 6.45) is 4.17. The number of hydrogen-bond acceptors (Lipinski definition) is 5. The Bertz CT molecular complexity index is 841. The fraction of sp³-hybridized carbons (Fsp3) is 0.625. The Morgan fingerprint density at radius 1 is 1.04 bits per heavy atom. The first-order valence-electron chi connectivity index (χ1n) is 8.33. The van der Waals surface area contributed by atoms with Gasteiger partial charge in [-0.1, -0.05) is 19.3 Å². The highest BCUT2D eigenvalue weighted by atomic mass is 32.2. The standard InChI is InChI=1S/C16H22FNO5S2/c1-23-15-8-7-12(17)9-16(15)25(21,22)18-10-14(11-18)24(19,20)13-5-3-2-4-6-13/h7-9,13-14H,2-6,10-11H2,1H3. The van der Waals surface area contributed by atoms with Gasteiger partial charge in [0.2, 0.25) is 10.0 Å². The number of sulfone groups is 1. The Morgan fingerprint density at radius 2 is 1.68 bits per heavy atom. The molecule has 0 N–H and O–H groups in total. The number of halogens is 1. The Labute approximate surface area is 147 Å². The van der Waals surface area contributed by atoms with Crippen LogP contribution in [0.2, 0.25) is 0 Å². The van der Waals surface area contributed by atoms with Crippen LogP contribution >= 0.6 is 0 Å². The van der Waals surface area contributed by atoms with Crippen LogP contribution in [0.25, 0.3) is 0 Å². The van der Waals surface area contributed by atoms with Gasteiger partial charge in [0.15, 0.2) is 9.84 Å². The van der Waals surface area contributed by atoms with E-state index in [2.05, 4.69) is 0 Å². The average Bonchev–Trinajstić information content (AvgIpc) is 2.53. The molecule has 1 heterocycles. The topological polar surface area (TPSA) is 80.8 Å². The third-order valence-corrected chi connectivity index (χ3v) is 9.52. The van der Waals surface area contributed by atoms with Crippen molar-refractivity contribution in [3.8, 4) is 5.75 Å². The molecule has 1 aromatic carbocycles. The molecule has 25 heavy (non-hydrogen) atoms. The molecule has 1 saturated carbocycles. The lowest BCUT2D eigenvalue weighted by molar-refractivity contribution is 0.304. The van der Waals surface area contributed by atoms with Gasteiger partial charge in [0.05, 0.1) is 17.6 Å². The minimum absolute atomic E-state index is 0.0417. The van der Waals surface area contributed by atoms with Crippen LogP contribution < -0.4 is 4.74 Å². The van der Waals surface area contributed by atoms with Gasteiger partial charge in [-0.2, -0.15) is 4.31 Å². The molecule has 1 aromatic rings. The SMILES string of the molecule is COc1ccc(F)cc1S(=O)(=O)N1CC(S(=O)(=O)C2CCCCC2)C1. The second-order valence-electron chi connectivity index (χ2n) is 6.59. The quantitative estimate of drug-likeness (QED) is 0.766. The summed E-state index contributed by atoms with van der Waals surface area (Å²) in [7, 11) is -6.02. The molecular weight excluding hydrogens is 369 g/mol. The van der Waals surface area contributed by atoms with Gasteiger partial charge in [0, 0.05) is 13.1 Å². The van der Waals surface area contributed by atoms with E-state index >= 15 is 0 Å². The van der Waals surface area contributed by atoms with E-state index < -0.39 is 30.9 Å². The Balaban J connectivity index is 1.76. The average molecular weight is 391 g/mol. The predicted molar refractivity (Wildman–Crippen MR) is 91.3 cm³/mol. The van der Waals surface area contributed by atoms with Gasteiger partial charge >= 0.3 is 0 Å². The molecule has 140 valence electrons. The van der Waals surface area contributed by atoms with E-state index in [1.54, 1.807) is 0 Å². The van der Waals surface area contributed by atoms with E-state index in [0.717, 1.165) is 35.7 Å². The molecule has 0 aromatic heterocycles. The third-order valence-electron chi connectivity index (χ3n) is 5.04. The van der Waals surface area contributed by atoms with E-state index in [9.17, 15) is 21.2 Å². The van der Waals surface area contributed by atoms with Gasteiger partial charge in [-0.3, -0.25) is 0 Å². The van der Waals surface area contributed by atoms with E-state index in [0.29, 0.717) is 12.8 Å². The number of sulfonamides is 1. The first-order valence-corrected chi connectivity index (χ1v) is 11.4. The van der Waals surface area contributed by atoms with Gasteiger partial charge < -0.3 is 4.74 Å².